The normalized spacial score (nSPS) is 12.5. The van der Waals surface area contributed by atoms with Gasteiger partial charge >= 0.3 is 0 Å². The number of carbonyl (C=O) groups excluding carboxylic acids is 1. The van der Waals surface area contributed by atoms with Crippen LogP contribution in [0.5, 0.6) is 0 Å². The van der Waals surface area contributed by atoms with Gasteiger partial charge in [-0.3, -0.25) is 4.79 Å². The van der Waals surface area contributed by atoms with Crippen LogP contribution in [0.15, 0.2) is 24.3 Å². The van der Waals surface area contributed by atoms with Crippen molar-refractivity contribution in [2.75, 3.05) is 6.61 Å². The van der Waals surface area contributed by atoms with Crippen LogP contribution in [0.3, 0.4) is 0 Å². The molecule has 1 amide bonds. The van der Waals surface area contributed by atoms with Gasteiger partial charge in [0.2, 0.25) is 0 Å². The summed E-state index contributed by atoms with van der Waals surface area (Å²) < 4.78 is 0.920. The summed E-state index contributed by atoms with van der Waals surface area (Å²) in [4.78, 5) is 12.0. The predicted octanol–water partition coefficient (Wildman–Crippen LogP) is 2.43. The third-order valence-electron chi connectivity index (χ3n) is 2.43. The van der Waals surface area contributed by atoms with Crippen LogP contribution >= 0.6 is 22.6 Å². The van der Waals surface area contributed by atoms with Crippen molar-refractivity contribution >= 4 is 28.5 Å². The molecule has 17 heavy (non-hydrogen) atoms. The van der Waals surface area contributed by atoms with Crippen molar-refractivity contribution in [3.8, 4) is 0 Å². The zero-order valence-electron chi connectivity index (χ0n) is 10.1. The van der Waals surface area contributed by atoms with Crippen molar-refractivity contribution in [2.45, 2.75) is 26.3 Å². The van der Waals surface area contributed by atoms with Gasteiger partial charge < -0.3 is 10.4 Å². The van der Waals surface area contributed by atoms with E-state index >= 15 is 0 Å². The Kier molecular flexibility index (Phi) is 5.91. The Balaban J connectivity index is 2.68. The molecule has 3 nitrogen and oxygen atoms in total. The fraction of sp³-hybridized carbons (Fsp3) is 0.462. The SMILES string of the molecule is CC(C)CC(CO)NC(=O)c1ccccc1I. The van der Waals surface area contributed by atoms with Crippen molar-refractivity contribution in [1.82, 2.24) is 5.32 Å². The number of amides is 1. The van der Waals surface area contributed by atoms with Gasteiger partial charge in [0.15, 0.2) is 0 Å². The van der Waals surface area contributed by atoms with E-state index < -0.39 is 0 Å². The number of benzene rings is 1. The molecule has 0 bridgehead atoms. The quantitative estimate of drug-likeness (QED) is 0.804. The van der Waals surface area contributed by atoms with Gasteiger partial charge in [0.25, 0.3) is 5.91 Å². The third-order valence-corrected chi connectivity index (χ3v) is 3.37. The lowest BCUT2D eigenvalue weighted by molar-refractivity contribution is 0.0907. The smallest absolute Gasteiger partial charge is 0.252 e. The summed E-state index contributed by atoms with van der Waals surface area (Å²) in [6, 6.07) is 7.26. The minimum Gasteiger partial charge on any atom is -0.394 e. The predicted molar refractivity (Wildman–Crippen MR) is 77.0 cm³/mol. The van der Waals surface area contributed by atoms with Gasteiger partial charge in [-0.15, -0.1) is 0 Å². The number of hydrogen-bond acceptors (Lipinski definition) is 2. The maximum Gasteiger partial charge on any atom is 0.252 e. The van der Waals surface area contributed by atoms with Gasteiger partial charge in [0.1, 0.15) is 0 Å². The molecule has 1 rings (SSSR count). The number of hydrogen-bond donors (Lipinski definition) is 2. The molecule has 1 atom stereocenters. The molecule has 4 heteroatoms. The van der Waals surface area contributed by atoms with Crippen LogP contribution in [0.1, 0.15) is 30.6 Å². The second-order valence-corrected chi connectivity index (χ2v) is 5.62. The standard InChI is InChI=1S/C13H18INO2/c1-9(2)7-10(8-16)15-13(17)11-5-3-4-6-12(11)14/h3-6,9-10,16H,7-8H2,1-2H3,(H,15,17). The molecule has 0 spiro atoms. The molecule has 0 saturated carbocycles. The molecule has 0 radical (unpaired) electrons. The highest BCUT2D eigenvalue weighted by Gasteiger charge is 2.15. The molecular weight excluding hydrogens is 329 g/mol. The lowest BCUT2D eigenvalue weighted by Gasteiger charge is -2.18. The summed E-state index contributed by atoms with van der Waals surface area (Å²) in [5.74, 6) is 0.331. The average molecular weight is 347 g/mol. The van der Waals surface area contributed by atoms with E-state index in [1.165, 1.54) is 0 Å². The maximum absolute atomic E-state index is 12.0. The summed E-state index contributed by atoms with van der Waals surface area (Å²) in [5, 5.41) is 12.1. The number of aliphatic hydroxyl groups is 1. The van der Waals surface area contributed by atoms with Gasteiger partial charge in [-0.1, -0.05) is 26.0 Å². The van der Waals surface area contributed by atoms with Crippen LogP contribution in [-0.4, -0.2) is 23.7 Å². The Bertz CT molecular complexity index is 379. The van der Waals surface area contributed by atoms with Gasteiger partial charge in [-0.25, -0.2) is 0 Å². The molecule has 0 fully saturated rings. The first-order valence-corrected chi connectivity index (χ1v) is 6.78. The zero-order chi connectivity index (χ0) is 12.8. The van der Waals surface area contributed by atoms with Crippen LogP contribution in [-0.2, 0) is 0 Å². The summed E-state index contributed by atoms with van der Waals surface area (Å²) in [5.41, 5.74) is 0.662. The summed E-state index contributed by atoms with van der Waals surface area (Å²) in [6.07, 6.45) is 0.783. The lowest BCUT2D eigenvalue weighted by Crippen LogP contribution is -2.38. The van der Waals surface area contributed by atoms with Gasteiger partial charge in [-0.2, -0.15) is 0 Å². The number of carbonyl (C=O) groups is 1. The van der Waals surface area contributed by atoms with E-state index in [0.29, 0.717) is 11.5 Å². The number of aliphatic hydroxyl groups excluding tert-OH is 1. The van der Waals surface area contributed by atoms with Crippen molar-refractivity contribution in [3.05, 3.63) is 33.4 Å². The van der Waals surface area contributed by atoms with Crippen molar-refractivity contribution in [3.63, 3.8) is 0 Å². The van der Waals surface area contributed by atoms with Gasteiger partial charge in [0, 0.05) is 3.57 Å². The Morgan fingerprint density at radius 1 is 1.41 bits per heavy atom. The Hall–Kier alpha value is -0.620. The fourth-order valence-corrected chi connectivity index (χ4v) is 2.29. The molecule has 1 aromatic rings. The number of halogens is 1. The van der Waals surface area contributed by atoms with Crippen LogP contribution < -0.4 is 5.32 Å². The Morgan fingerprint density at radius 3 is 2.59 bits per heavy atom. The minimum absolute atomic E-state index is 0.0205. The number of rotatable bonds is 5. The van der Waals surface area contributed by atoms with E-state index in [1.54, 1.807) is 6.07 Å². The first-order valence-electron chi connectivity index (χ1n) is 5.70. The Morgan fingerprint density at radius 2 is 2.06 bits per heavy atom. The molecule has 1 unspecified atom stereocenters. The van der Waals surface area contributed by atoms with E-state index in [1.807, 2.05) is 18.2 Å². The van der Waals surface area contributed by atoms with Gasteiger partial charge in [-0.05, 0) is 47.1 Å². The molecule has 0 aromatic heterocycles. The highest BCUT2D eigenvalue weighted by Crippen LogP contribution is 2.12. The van der Waals surface area contributed by atoms with E-state index in [9.17, 15) is 9.90 Å². The fourth-order valence-electron chi connectivity index (χ4n) is 1.66. The molecule has 0 saturated heterocycles. The summed E-state index contributed by atoms with van der Waals surface area (Å²) in [6.45, 7) is 4.12. The molecule has 94 valence electrons. The van der Waals surface area contributed by atoms with E-state index in [-0.39, 0.29) is 18.6 Å². The second kappa shape index (κ2) is 6.96. The van der Waals surface area contributed by atoms with E-state index in [2.05, 4.69) is 41.8 Å². The summed E-state index contributed by atoms with van der Waals surface area (Å²) in [7, 11) is 0. The minimum atomic E-state index is -0.168. The molecule has 0 heterocycles. The molecular formula is C13H18INO2. The molecule has 1 aromatic carbocycles. The molecule has 0 aliphatic rings. The monoisotopic (exact) mass is 347 g/mol. The van der Waals surface area contributed by atoms with Crippen molar-refractivity contribution in [1.29, 1.82) is 0 Å². The largest absolute Gasteiger partial charge is 0.394 e. The van der Waals surface area contributed by atoms with Gasteiger partial charge in [0.05, 0.1) is 18.2 Å². The first-order chi connectivity index (χ1) is 8.04. The summed E-state index contributed by atoms with van der Waals surface area (Å²) >= 11 is 2.14. The third kappa shape index (κ3) is 4.63. The molecule has 0 aliphatic carbocycles. The average Bonchev–Trinajstić information content (AvgIpc) is 2.27. The lowest BCUT2D eigenvalue weighted by atomic mass is 10.0. The second-order valence-electron chi connectivity index (χ2n) is 4.46. The van der Waals surface area contributed by atoms with Crippen LogP contribution in [0.4, 0.5) is 0 Å². The number of nitrogens with one attached hydrogen (secondary N) is 1. The van der Waals surface area contributed by atoms with E-state index in [0.717, 1.165) is 9.99 Å². The maximum atomic E-state index is 12.0. The molecule has 0 aliphatic heterocycles. The topological polar surface area (TPSA) is 49.3 Å². The van der Waals surface area contributed by atoms with Crippen LogP contribution in [0.2, 0.25) is 0 Å². The highest BCUT2D eigenvalue weighted by molar-refractivity contribution is 14.1. The molecule has 2 N–H and O–H groups in total. The zero-order valence-corrected chi connectivity index (χ0v) is 12.3. The van der Waals surface area contributed by atoms with Crippen LogP contribution in [0, 0.1) is 9.49 Å². The van der Waals surface area contributed by atoms with Crippen LogP contribution in [0.25, 0.3) is 0 Å². The Labute approximate surface area is 116 Å². The van der Waals surface area contributed by atoms with E-state index in [4.69, 9.17) is 0 Å². The first kappa shape index (κ1) is 14.4. The van der Waals surface area contributed by atoms with Crippen molar-refractivity contribution < 1.29 is 9.90 Å². The highest BCUT2D eigenvalue weighted by atomic mass is 127. The van der Waals surface area contributed by atoms with Crippen molar-refractivity contribution in [2.24, 2.45) is 5.92 Å².